The molecule has 0 aliphatic heterocycles. The lowest BCUT2D eigenvalue weighted by Gasteiger charge is -2.07. The van der Waals surface area contributed by atoms with Crippen LogP contribution in [0.25, 0.3) is 0 Å². The van der Waals surface area contributed by atoms with Crippen LogP contribution in [0.3, 0.4) is 0 Å². The van der Waals surface area contributed by atoms with E-state index in [1.807, 2.05) is 0 Å². The second kappa shape index (κ2) is 4.80. The summed E-state index contributed by atoms with van der Waals surface area (Å²) in [7, 11) is 0. The maximum atomic E-state index is 13.5. The van der Waals surface area contributed by atoms with Crippen molar-refractivity contribution in [3.8, 4) is 17.6 Å². The molecular formula is C13H6F3NO. The Balaban J connectivity index is 2.29. The van der Waals surface area contributed by atoms with E-state index in [2.05, 4.69) is 0 Å². The van der Waals surface area contributed by atoms with Crippen molar-refractivity contribution < 1.29 is 17.9 Å². The van der Waals surface area contributed by atoms with Gasteiger partial charge in [-0.05, 0) is 30.3 Å². The Labute approximate surface area is 101 Å². The molecule has 2 aromatic carbocycles. The van der Waals surface area contributed by atoms with Crippen molar-refractivity contribution in [1.29, 1.82) is 5.26 Å². The highest BCUT2D eigenvalue weighted by Gasteiger charge is 2.08. The second-order valence-electron chi connectivity index (χ2n) is 3.43. The molecule has 0 aliphatic carbocycles. The van der Waals surface area contributed by atoms with Gasteiger partial charge in [0.05, 0.1) is 11.6 Å². The van der Waals surface area contributed by atoms with Gasteiger partial charge >= 0.3 is 0 Å². The first kappa shape index (κ1) is 12.0. The second-order valence-corrected chi connectivity index (χ2v) is 3.43. The van der Waals surface area contributed by atoms with E-state index in [4.69, 9.17) is 10.00 Å². The minimum Gasteiger partial charge on any atom is -0.454 e. The number of benzene rings is 2. The molecule has 0 fully saturated rings. The van der Waals surface area contributed by atoms with Gasteiger partial charge in [0, 0.05) is 6.07 Å². The fourth-order valence-corrected chi connectivity index (χ4v) is 1.32. The average Bonchev–Trinajstić information content (AvgIpc) is 2.36. The first-order valence-electron chi connectivity index (χ1n) is 4.92. The van der Waals surface area contributed by atoms with E-state index in [1.165, 1.54) is 18.2 Å². The molecule has 0 saturated carbocycles. The number of hydrogen-bond donors (Lipinski definition) is 0. The van der Waals surface area contributed by atoms with Gasteiger partial charge in [-0.25, -0.2) is 13.2 Å². The monoisotopic (exact) mass is 249 g/mol. The molecule has 0 aliphatic rings. The molecular weight excluding hydrogens is 243 g/mol. The van der Waals surface area contributed by atoms with Gasteiger partial charge in [-0.2, -0.15) is 5.26 Å². The van der Waals surface area contributed by atoms with Gasteiger partial charge < -0.3 is 4.74 Å². The van der Waals surface area contributed by atoms with Crippen molar-refractivity contribution in [2.75, 3.05) is 0 Å². The van der Waals surface area contributed by atoms with Gasteiger partial charge in [-0.1, -0.05) is 0 Å². The fraction of sp³-hybridized carbons (Fsp3) is 0. The highest BCUT2D eigenvalue weighted by Crippen LogP contribution is 2.26. The van der Waals surface area contributed by atoms with E-state index in [0.717, 1.165) is 18.2 Å². The number of nitriles is 1. The minimum absolute atomic E-state index is 0.0301. The molecule has 0 saturated heterocycles. The standard InChI is InChI=1S/C13H6F3NO/c14-10-3-2-9(6-11(10)15)18-13-4-1-8(7-17)5-12(13)16/h1-6H. The van der Waals surface area contributed by atoms with E-state index < -0.39 is 17.5 Å². The SMILES string of the molecule is N#Cc1ccc(Oc2ccc(F)c(F)c2)c(F)c1. The molecule has 0 radical (unpaired) electrons. The van der Waals surface area contributed by atoms with Gasteiger partial charge in [0.1, 0.15) is 5.75 Å². The van der Waals surface area contributed by atoms with Crippen LogP contribution in [0.15, 0.2) is 36.4 Å². The third-order valence-electron chi connectivity index (χ3n) is 2.18. The first-order chi connectivity index (χ1) is 8.60. The molecule has 2 rings (SSSR count). The third kappa shape index (κ3) is 2.43. The molecule has 5 heteroatoms. The first-order valence-corrected chi connectivity index (χ1v) is 4.92. The van der Waals surface area contributed by atoms with Gasteiger partial charge in [0.2, 0.25) is 0 Å². The summed E-state index contributed by atoms with van der Waals surface area (Å²) < 4.78 is 44.1. The fourth-order valence-electron chi connectivity index (χ4n) is 1.32. The van der Waals surface area contributed by atoms with E-state index >= 15 is 0 Å². The topological polar surface area (TPSA) is 33.0 Å². The Bertz CT molecular complexity index is 635. The highest BCUT2D eigenvalue weighted by atomic mass is 19.2. The van der Waals surface area contributed by atoms with E-state index in [-0.39, 0.29) is 17.1 Å². The average molecular weight is 249 g/mol. The molecule has 0 amide bonds. The van der Waals surface area contributed by atoms with Gasteiger partial charge in [0.25, 0.3) is 0 Å². The summed E-state index contributed by atoms with van der Waals surface area (Å²) >= 11 is 0. The summed E-state index contributed by atoms with van der Waals surface area (Å²) in [6.07, 6.45) is 0. The lowest BCUT2D eigenvalue weighted by atomic mass is 10.2. The Morgan fingerprint density at radius 3 is 2.28 bits per heavy atom. The summed E-state index contributed by atoms with van der Waals surface area (Å²) in [6, 6.07) is 8.24. The maximum Gasteiger partial charge on any atom is 0.167 e. The smallest absolute Gasteiger partial charge is 0.167 e. The molecule has 0 bridgehead atoms. The lowest BCUT2D eigenvalue weighted by molar-refractivity contribution is 0.432. The van der Waals surface area contributed by atoms with Crippen LogP contribution in [0.4, 0.5) is 13.2 Å². The zero-order valence-corrected chi connectivity index (χ0v) is 8.95. The normalized spacial score (nSPS) is 9.89. The van der Waals surface area contributed by atoms with Crippen molar-refractivity contribution in [2.24, 2.45) is 0 Å². The summed E-state index contributed by atoms with van der Waals surface area (Å²) in [4.78, 5) is 0. The van der Waals surface area contributed by atoms with Crippen molar-refractivity contribution in [3.63, 3.8) is 0 Å². The Kier molecular flexibility index (Phi) is 3.20. The molecule has 0 aromatic heterocycles. The van der Waals surface area contributed by atoms with Crippen LogP contribution < -0.4 is 4.74 Å². The summed E-state index contributed by atoms with van der Waals surface area (Å²) in [6.45, 7) is 0. The zero-order valence-electron chi connectivity index (χ0n) is 8.95. The predicted octanol–water partition coefficient (Wildman–Crippen LogP) is 3.77. The van der Waals surface area contributed by atoms with Crippen LogP contribution in [-0.2, 0) is 0 Å². The molecule has 18 heavy (non-hydrogen) atoms. The minimum atomic E-state index is -1.08. The maximum absolute atomic E-state index is 13.5. The number of ether oxygens (including phenoxy) is 1. The van der Waals surface area contributed by atoms with Gasteiger partial charge in [-0.15, -0.1) is 0 Å². The molecule has 0 atom stereocenters. The van der Waals surface area contributed by atoms with E-state index in [1.54, 1.807) is 6.07 Å². The summed E-state index contributed by atoms with van der Waals surface area (Å²) in [5.41, 5.74) is 0.144. The van der Waals surface area contributed by atoms with Gasteiger partial charge in [0.15, 0.2) is 23.2 Å². The van der Waals surface area contributed by atoms with Crippen LogP contribution in [-0.4, -0.2) is 0 Å². The lowest BCUT2D eigenvalue weighted by Crippen LogP contribution is -1.91. The van der Waals surface area contributed by atoms with Crippen LogP contribution in [0.2, 0.25) is 0 Å². The van der Waals surface area contributed by atoms with Crippen LogP contribution in [0.5, 0.6) is 11.5 Å². The number of nitrogens with zero attached hydrogens (tertiary/aromatic N) is 1. The quantitative estimate of drug-likeness (QED) is 0.811. The van der Waals surface area contributed by atoms with Crippen molar-refractivity contribution in [2.45, 2.75) is 0 Å². The van der Waals surface area contributed by atoms with E-state index in [9.17, 15) is 13.2 Å². The Morgan fingerprint density at radius 2 is 1.67 bits per heavy atom. The van der Waals surface area contributed by atoms with Crippen molar-refractivity contribution >= 4 is 0 Å². The molecule has 0 unspecified atom stereocenters. The number of hydrogen-bond acceptors (Lipinski definition) is 2. The molecule has 0 heterocycles. The van der Waals surface area contributed by atoms with Gasteiger partial charge in [-0.3, -0.25) is 0 Å². The predicted molar refractivity (Wildman–Crippen MR) is 57.5 cm³/mol. The third-order valence-corrected chi connectivity index (χ3v) is 2.18. The Morgan fingerprint density at radius 1 is 0.889 bits per heavy atom. The van der Waals surface area contributed by atoms with Crippen LogP contribution in [0, 0.1) is 28.8 Å². The van der Waals surface area contributed by atoms with Crippen LogP contribution in [0.1, 0.15) is 5.56 Å². The number of halogens is 3. The molecule has 90 valence electrons. The summed E-state index contributed by atoms with van der Waals surface area (Å²) in [5, 5.41) is 8.56. The summed E-state index contributed by atoms with van der Waals surface area (Å²) in [5.74, 6) is -3.04. The van der Waals surface area contributed by atoms with Crippen LogP contribution >= 0.6 is 0 Å². The van der Waals surface area contributed by atoms with Crippen molar-refractivity contribution in [3.05, 3.63) is 59.4 Å². The number of rotatable bonds is 2. The molecule has 2 aromatic rings. The van der Waals surface area contributed by atoms with Crippen molar-refractivity contribution in [1.82, 2.24) is 0 Å². The highest BCUT2D eigenvalue weighted by molar-refractivity contribution is 5.38. The molecule has 0 N–H and O–H groups in total. The largest absolute Gasteiger partial charge is 0.454 e. The zero-order chi connectivity index (χ0) is 13.1. The van der Waals surface area contributed by atoms with E-state index in [0.29, 0.717) is 0 Å². The molecule has 0 spiro atoms. The Hall–Kier alpha value is -2.48. The molecule has 2 nitrogen and oxygen atoms in total.